The summed E-state index contributed by atoms with van der Waals surface area (Å²) in [5, 5.41) is 32.6. The van der Waals surface area contributed by atoms with E-state index in [2.05, 4.69) is 6.07 Å². The average molecular weight is 459 g/mol. The molecule has 1 aliphatic rings. The van der Waals surface area contributed by atoms with E-state index < -0.39 is 17.6 Å². The third-order valence-electron chi connectivity index (χ3n) is 5.35. The maximum atomic E-state index is 11.8. The van der Waals surface area contributed by atoms with Crippen LogP contribution in [0.15, 0.2) is 90.0 Å². The number of ketones is 1. The standard InChI is InChI=1S/C26H22N2O4S/c1-17(29)23-16-33-26(28(23)31)25(32-22-8-3-2-4-9-22)20-12-10-19(11-13-20)24(30)21-7-5-6-18(14-21)15-27/h2-14,16,24-26,30-31H,1H3. The average Bonchev–Trinajstić information content (AvgIpc) is 3.24. The van der Waals surface area contributed by atoms with Gasteiger partial charge in [-0.3, -0.25) is 10.0 Å². The second-order valence-electron chi connectivity index (χ2n) is 7.59. The van der Waals surface area contributed by atoms with Gasteiger partial charge in [-0.25, -0.2) is 5.06 Å². The Kier molecular flexibility index (Phi) is 6.80. The van der Waals surface area contributed by atoms with Crippen LogP contribution in [0.4, 0.5) is 0 Å². The van der Waals surface area contributed by atoms with Crippen LogP contribution in [-0.4, -0.2) is 26.5 Å². The Bertz CT molecular complexity index is 1200. The van der Waals surface area contributed by atoms with Gasteiger partial charge in [0.05, 0.1) is 11.6 Å². The Labute approximate surface area is 196 Å². The molecule has 0 saturated carbocycles. The van der Waals surface area contributed by atoms with E-state index in [1.807, 2.05) is 42.5 Å². The number of hydroxylamine groups is 2. The lowest BCUT2D eigenvalue weighted by atomic mass is 9.98. The van der Waals surface area contributed by atoms with Crippen molar-refractivity contribution < 1.29 is 19.8 Å². The Balaban J connectivity index is 1.62. The minimum atomic E-state index is -0.887. The van der Waals surface area contributed by atoms with E-state index >= 15 is 0 Å². The SMILES string of the molecule is CC(=O)C1=CSC(C(Oc2ccccc2)c2ccc(C(O)c3cccc(C#N)c3)cc2)N1O. The number of hydrogen-bond donors (Lipinski definition) is 2. The summed E-state index contributed by atoms with van der Waals surface area (Å²) in [5.74, 6) is 0.397. The summed E-state index contributed by atoms with van der Waals surface area (Å²) in [6.45, 7) is 1.41. The molecule has 1 heterocycles. The minimum absolute atomic E-state index is 0.219. The number of para-hydroxylation sites is 1. The fourth-order valence-electron chi connectivity index (χ4n) is 3.60. The van der Waals surface area contributed by atoms with Gasteiger partial charge in [0, 0.05) is 12.3 Å². The van der Waals surface area contributed by atoms with Crippen LogP contribution in [0.25, 0.3) is 0 Å². The first-order chi connectivity index (χ1) is 16.0. The predicted molar refractivity (Wildman–Crippen MR) is 125 cm³/mol. The number of nitriles is 1. The number of nitrogens with zero attached hydrogens (tertiary/aromatic N) is 2. The van der Waals surface area contributed by atoms with Crippen LogP contribution in [-0.2, 0) is 4.79 Å². The second kappa shape index (κ2) is 9.92. The maximum Gasteiger partial charge on any atom is 0.178 e. The molecule has 0 saturated heterocycles. The summed E-state index contributed by atoms with van der Waals surface area (Å²) >= 11 is 1.31. The van der Waals surface area contributed by atoms with E-state index in [9.17, 15) is 15.1 Å². The van der Waals surface area contributed by atoms with Crippen molar-refractivity contribution in [1.29, 1.82) is 5.26 Å². The van der Waals surface area contributed by atoms with Crippen molar-refractivity contribution in [3.8, 4) is 11.8 Å². The molecule has 0 aromatic heterocycles. The molecule has 3 unspecified atom stereocenters. The van der Waals surface area contributed by atoms with Gasteiger partial charge in [-0.1, -0.05) is 66.4 Å². The van der Waals surface area contributed by atoms with Crippen LogP contribution < -0.4 is 4.74 Å². The summed E-state index contributed by atoms with van der Waals surface area (Å²) in [5.41, 5.74) is 2.76. The van der Waals surface area contributed by atoms with Crippen LogP contribution in [0.2, 0.25) is 0 Å². The number of hydrogen-bond acceptors (Lipinski definition) is 7. The van der Waals surface area contributed by atoms with Crippen LogP contribution in [0.5, 0.6) is 5.75 Å². The largest absolute Gasteiger partial charge is 0.483 e. The smallest absolute Gasteiger partial charge is 0.178 e. The molecule has 0 fully saturated rings. The minimum Gasteiger partial charge on any atom is -0.483 e. The van der Waals surface area contributed by atoms with Crippen molar-refractivity contribution in [2.24, 2.45) is 0 Å². The van der Waals surface area contributed by atoms with Crippen molar-refractivity contribution in [2.45, 2.75) is 24.5 Å². The van der Waals surface area contributed by atoms with Gasteiger partial charge in [0.1, 0.15) is 22.9 Å². The first-order valence-corrected chi connectivity index (χ1v) is 11.3. The topological polar surface area (TPSA) is 93.8 Å². The summed E-state index contributed by atoms with van der Waals surface area (Å²) in [6.07, 6.45) is -1.48. The lowest BCUT2D eigenvalue weighted by molar-refractivity contribution is -0.127. The maximum absolute atomic E-state index is 11.8. The summed E-state index contributed by atoms with van der Waals surface area (Å²) < 4.78 is 6.23. The van der Waals surface area contributed by atoms with E-state index in [1.54, 1.807) is 41.8 Å². The van der Waals surface area contributed by atoms with Crippen molar-refractivity contribution in [2.75, 3.05) is 0 Å². The van der Waals surface area contributed by atoms with Gasteiger partial charge in [-0.05, 0) is 41.0 Å². The van der Waals surface area contributed by atoms with Crippen molar-refractivity contribution >= 4 is 17.5 Å². The van der Waals surface area contributed by atoms with Crippen LogP contribution in [0.1, 0.15) is 41.4 Å². The molecule has 3 aromatic carbocycles. The molecule has 166 valence electrons. The number of carbonyl (C=O) groups excluding carboxylic acids is 1. The number of Topliss-reactive ketones (excluding diaryl/α,β-unsaturated/α-hetero) is 1. The lowest BCUT2D eigenvalue weighted by Gasteiger charge is -2.30. The fraction of sp³-hybridized carbons (Fsp3) is 0.154. The fourth-order valence-corrected chi connectivity index (χ4v) is 4.73. The molecule has 2 N–H and O–H groups in total. The monoisotopic (exact) mass is 458 g/mol. The first-order valence-electron chi connectivity index (χ1n) is 10.3. The molecule has 7 heteroatoms. The molecule has 3 atom stereocenters. The third kappa shape index (κ3) is 4.94. The highest BCUT2D eigenvalue weighted by molar-refractivity contribution is 8.03. The number of thioether (sulfide) groups is 1. The van der Waals surface area contributed by atoms with Crippen LogP contribution in [0.3, 0.4) is 0 Å². The Hall–Kier alpha value is -3.57. The summed E-state index contributed by atoms with van der Waals surface area (Å²) in [4.78, 5) is 11.8. The first kappa shape index (κ1) is 22.6. The molecular formula is C26H22N2O4S. The number of benzene rings is 3. The second-order valence-corrected chi connectivity index (χ2v) is 8.58. The van der Waals surface area contributed by atoms with Gasteiger partial charge in [0.25, 0.3) is 0 Å². The zero-order valence-electron chi connectivity index (χ0n) is 17.8. The number of aliphatic hydroxyl groups is 1. The molecule has 6 nitrogen and oxygen atoms in total. The van der Waals surface area contributed by atoms with Crippen LogP contribution >= 0.6 is 11.8 Å². The zero-order valence-corrected chi connectivity index (χ0v) is 18.6. The summed E-state index contributed by atoms with van der Waals surface area (Å²) in [6, 6.07) is 25.5. The van der Waals surface area contributed by atoms with Crippen molar-refractivity contribution in [3.63, 3.8) is 0 Å². The van der Waals surface area contributed by atoms with Crippen molar-refractivity contribution in [1.82, 2.24) is 5.06 Å². The van der Waals surface area contributed by atoms with E-state index in [1.165, 1.54) is 18.7 Å². The quantitative estimate of drug-likeness (QED) is 0.517. The number of allylic oxidation sites excluding steroid dienone is 1. The van der Waals surface area contributed by atoms with Crippen molar-refractivity contribution in [3.05, 3.63) is 112 Å². The highest BCUT2D eigenvalue weighted by Crippen LogP contribution is 2.40. The molecule has 0 spiro atoms. The van der Waals surface area contributed by atoms with Gasteiger partial charge in [0.15, 0.2) is 11.9 Å². The van der Waals surface area contributed by atoms with Gasteiger partial charge in [0.2, 0.25) is 0 Å². The lowest BCUT2D eigenvalue weighted by Crippen LogP contribution is -2.35. The number of rotatable bonds is 7. The van der Waals surface area contributed by atoms with Gasteiger partial charge in [-0.2, -0.15) is 5.26 Å². The normalized spacial score (nSPS) is 17.1. The van der Waals surface area contributed by atoms with E-state index in [0.29, 0.717) is 22.4 Å². The van der Waals surface area contributed by atoms with E-state index in [0.717, 1.165) is 10.6 Å². The predicted octanol–water partition coefficient (Wildman–Crippen LogP) is 4.95. The van der Waals surface area contributed by atoms with Gasteiger partial charge >= 0.3 is 0 Å². The highest BCUT2D eigenvalue weighted by Gasteiger charge is 2.37. The molecule has 1 aliphatic heterocycles. The Morgan fingerprint density at radius 2 is 1.73 bits per heavy atom. The number of carbonyl (C=O) groups is 1. The molecule has 0 radical (unpaired) electrons. The van der Waals surface area contributed by atoms with Gasteiger partial charge in [-0.15, -0.1) is 0 Å². The molecule has 4 rings (SSSR count). The summed E-state index contributed by atoms with van der Waals surface area (Å²) in [7, 11) is 0. The highest BCUT2D eigenvalue weighted by atomic mass is 32.2. The molecule has 0 aliphatic carbocycles. The molecule has 0 amide bonds. The Morgan fingerprint density at radius 3 is 2.36 bits per heavy atom. The Morgan fingerprint density at radius 1 is 1.03 bits per heavy atom. The molecule has 3 aromatic rings. The molecule has 33 heavy (non-hydrogen) atoms. The molecular weight excluding hydrogens is 436 g/mol. The number of aliphatic hydroxyl groups excluding tert-OH is 1. The third-order valence-corrected chi connectivity index (χ3v) is 6.43. The van der Waals surface area contributed by atoms with Gasteiger partial charge < -0.3 is 9.84 Å². The van der Waals surface area contributed by atoms with E-state index in [-0.39, 0.29) is 11.5 Å². The number of ether oxygens (including phenoxy) is 1. The zero-order chi connectivity index (χ0) is 23.4. The van der Waals surface area contributed by atoms with Crippen LogP contribution in [0, 0.1) is 11.3 Å². The van der Waals surface area contributed by atoms with E-state index in [4.69, 9.17) is 10.00 Å². The molecule has 0 bridgehead atoms.